The summed E-state index contributed by atoms with van der Waals surface area (Å²) in [6.45, 7) is 5.66. The topological polar surface area (TPSA) is 90.7 Å². The van der Waals surface area contributed by atoms with Crippen LogP contribution in [0.1, 0.15) is 51.8 Å². The number of aliphatic hydroxyl groups excluding tert-OH is 1. The zero-order chi connectivity index (χ0) is 28.5. The molecule has 2 aromatic carbocycles. The number of hydrogen-bond donors (Lipinski definition) is 1. The van der Waals surface area contributed by atoms with E-state index in [2.05, 4.69) is 4.74 Å². The molecule has 9 heteroatoms. The fourth-order valence-electron chi connectivity index (χ4n) is 4.12. The third-order valence-corrected chi connectivity index (χ3v) is 6.08. The van der Waals surface area contributed by atoms with E-state index in [1.54, 1.807) is 43.5 Å². The van der Waals surface area contributed by atoms with E-state index in [4.69, 9.17) is 9.72 Å². The number of hydrogen-bond acceptors (Lipinski definition) is 6. The number of imidazole rings is 1. The van der Waals surface area contributed by atoms with Gasteiger partial charge in [-0.15, -0.1) is 0 Å². The number of ether oxygens (including phenoxy) is 2. The van der Waals surface area contributed by atoms with Gasteiger partial charge in [-0.1, -0.05) is 13.8 Å². The SMILES string of the molecule is COC(=O)CC(=O)C[C@@H](C=Cn1c(C(C)C)nc(-c2ccc(F)cc2)c1-c1ccc(F)cc1)O[C@H](C)CCO. The first-order chi connectivity index (χ1) is 18.6. The summed E-state index contributed by atoms with van der Waals surface area (Å²) in [5.74, 6) is -1.09. The molecule has 0 saturated carbocycles. The molecule has 0 aliphatic heterocycles. The number of aromatic nitrogens is 2. The van der Waals surface area contributed by atoms with Crippen molar-refractivity contribution in [1.29, 1.82) is 0 Å². The summed E-state index contributed by atoms with van der Waals surface area (Å²) in [6.07, 6.45) is 2.30. The van der Waals surface area contributed by atoms with Crippen LogP contribution in [0, 0.1) is 11.6 Å². The van der Waals surface area contributed by atoms with Crippen LogP contribution in [0.4, 0.5) is 8.78 Å². The predicted octanol–water partition coefficient (Wildman–Crippen LogP) is 5.77. The minimum absolute atomic E-state index is 0.0308. The smallest absolute Gasteiger partial charge is 0.313 e. The van der Waals surface area contributed by atoms with E-state index in [1.807, 2.05) is 18.4 Å². The second-order valence-electron chi connectivity index (χ2n) is 9.54. The molecule has 0 unspecified atom stereocenters. The van der Waals surface area contributed by atoms with Crippen LogP contribution in [-0.4, -0.2) is 52.3 Å². The van der Waals surface area contributed by atoms with Crippen LogP contribution in [0.25, 0.3) is 28.7 Å². The van der Waals surface area contributed by atoms with Crippen LogP contribution in [0.15, 0.2) is 54.6 Å². The summed E-state index contributed by atoms with van der Waals surface area (Å²) < 4.78 is 40.0. The van der Waals surface area contributed by atoms with E-state index in [1.165, 1.54) is 31.4 Å². The summed E-state index contributed by atoms with van der Waals surface area (Å²) in [6, 6.07) is 12.0. The number of aliphatic hydroxyl groups is 1. The molecular weight excluding hydrogens is 506 g/mol. The second kappa shape index (κ2) is 13.9. The molecule has 208 valence electrons. The zero-order valence-electron chi connectivity index (χ0n) is 22.6. The molecule has 2 atom stereocenters. The lowest BCUT2D eigenvalue weighted by molar-refractivity contribution is -0.143. The lowest BCUT2D eigenvalue weighted by Gasteiger charge is -2.19. The van der Waals surface area contributed by atoms with Crippen LogP contribution in [0.2, 0.25) is 0 Å². The summed E-state index contributed by atoms with van der Waals surface area (Å²) in [7, 11) is 1.22. The molecule has 3 aromatic rings. The number of esters is 1. The van der Waals surface area contributed by atoms with Crippen molar-refractivity contribution in [2.45, 2.75) is 58.2 Å². The molecule has 0 fully saturated rings. The second-order valence-corrected chi connectivity index (χ2v) is 9.54. The van der Waals surface area contributed by atoms with Gasteiger partial charge >= 0.3 is 5.97 Å². The molecule has 0 radical (unpaired) electrons. The molecule has 1 N–H and O–H groups in total. The number of Topliss-reactive ketones (excluding diaryl/α,β-unsaturated/α-hetero) is 1. The molecule has 7 nitrogen and oxygen atoms in total. The monoisotopic (exact) mass is 540 g/mol. The highest BCUT2D eigenvalue weighted by Gasteiger charge is 2.22. The van der Waals surface area contributed by atoms with E-state index in [0.717, 1.165) is 0 Å². The minimum atomic E-state index is -0.707. The van der Waals surface area contributed by atoms with Gasteiger partial charge in [-0.3, -0.25) is 9.59 Å². The van der Waals surface area contributed by atoms with E-state index in [-0.39, 0.29) is 48.9 Å². The Bertz CT molecular complexity index is 1280. The van der Waals surface area contributed by atoms with Crippen LogP contribution < -0.4 is 0 Å². The first-order valence-corrected chi connectivity index (χ1v) is 12.8. The highest BCUT2D eigenvalue weighted by atomic mass is 19.1. The Hall–Kier alpha value is -3.69. The Morgan fingerprint density at radius 3 is 2.13 bits per heavy atom. The first kappa shape index (κ1) is 29.9. The lowest BCUT2D eigenvalue weighted by atomic mass is 10.0. The maximum atomic E-state index is 13.8. The van der Waals surface area contributed by atoms with Crippen molar-refractivity contribution in [1.82, 2.24) is 9.55 Å². The largest absolute Gasteiger partial charge is 0.469 e. The highest BCUT2D eigenvalue weighted by Crippen LogP contribution is 2.35. The number of carbonyl (C=O) groups is 2. The number of halogens is 2. The third-order valence-electron chi connectivity index (χ3n) is 6.08. The lowest BCUT2D eigenvalue weighted by Crippen LogP contribution is -2.23. The van der Waals surface area contributed by atoms with E-state index < -0.39 is 12.1 Å². The quantitative estimate of drug-likeness (QED) is 0.219. The van der Waals surface area contributed by atoms with Crippen LogP contribution in [-0.2, 0) is 19.1 Å². The van der Waals surface area contributed by atoms with Gasteiger partial charge in [0.15, 0.2) is 0 Å². The van der Waals surface area contributed by atoms with Gasteiger partial charge < -0.3 is 19.1 Å². The maximum absolute atomic E-state index is 13.8. The highest BCUT2D eigenvalue weighted by molar-refractivity contribution is 5.95. The Balaban J connectivity index is 2.12. The van der Waals surface area contributed by atoms with Crippen LogP contribution >= 0.6 is 0 Å². The number of carbonyl (C=O) groups excluding carboxylic acids is 2. The summed E-state index contributed by atoms with van der Waals surface area (Å²) in [5.41, 5.74) is 2.61. The maximum Gasteiger partial charge on any atom is 0.313 e. The van der Waals surface area contributed by atoms with Crippen molar-refractivity contribution in [3.63, 3.8) is 0 Å². The number of rotatable bonds is 13. The average molecular weight is 541 g/mol. The Kier molecular flexibility index (Phi) is 10.7. The molecule has 0 spiro atoms. The molecule has 0 bridgehead atoms. The third kappa shape index (κ3) is 8.15. The van der Waals surface area contributed by atoms with E-state index >= 15 is 0 Å². The molecular formula is C30H34F2N2O5. The Morgan fingerprint density at radius 2 is 1.59 bits per heavy atom. The number of methoxy groups -OCH3 is 1. The van der Waals surface area contributed by atoms with Crippen molar-refractivity contribution >= 4 is 18.0 Å². The Labute approximate surface area is 227 Å². The van der Waals surface area contributed by atoms with Gasteiger partial charge in [0.2, 0.25) is 0 Å². The molecule has 1 heterocycles. The summed E-state index contributed by atoms with van der Waals surface area (Å²) in [5, 5.41) is 9.31. The first-order valence-electron chi connectivity index (χ1n) is 12.8. The van der Waals surface area contributed by atoms with E-state index in [9.17, 15) is 23.5 Å². The van der Waals surface area contributed by atoms with Crippen molar-refractivity contribution in [3.05, 3.63) is 72.1 Å². The molecule has 0 amide bonds. The molecule has 0 aliphatic rings. The van der Waals surface area contributed by atoms with Gasteiger partial charge in [0.25, 0.3) is 0 Å². The number of benzene rings is 2. The van der Waals surface area contributed by atoms with Crippen molar-refractivity contribution in [3.8, 4) is 22.5 Å². The molecule has 0 aliphatic carbocycles. The van der Waals surface area contributed by atoms with Gasteiger partial charge in [0.05, 0.1) is 30.7 Å². The van der Waals surface area contributed by atoms with Crippen LogP contribution in [0.3, 0.4) is 0 Å². The van der Waals surface area contributed by atoms with Crippen molar-refractivity contribution in [2.24, 2.45) is 0 Å². The van der Waals surface area contributed by atoms with E-state index in [0.29, 0.717) is 34.8 Å². The molecule has 1 aromatic heterocycles. The van der Waals surface area contributed by atoms with Gasteiger partial charge in [0.1, 0.15) is 29.7 Å². The fraction of sp³-hybridized carbons (Fsp3) is 0.367. The summed E-state index contributed by atoms with van der Waals surface area (Å²) >= 11 is 0. The Morgan fingerprint density at radius 1 is 1.00 bits per heavy atom. The van der Waals surface area contributed by atoms with Gasteiger partial charge in [-0.2, -0.15) is 0 Å². The van der Waals surface area contributed by atoms with Gasteiger partial charge in [-0.05, 0) is 68.0 Å². The fourth-order valence-corrected chi connectivity index (χ4v) is 4.12. The average Bonchev–Trinajstić information content (AvgIpc) is 3.28. The zero-order valence-corrected chi connectivity index (χ0v) is 22.6. The van der Waals surface area contributed by atoms with Gasteiger partial charge in [0, 0.05) is 36.3 Å². The molecule has 39 heavy (non-hydrogen) atoms. The van der Waals surface area contributed by atoms with Gasteiger partial charge in [-0.25, -0.2) is 13.8 Å². The molecule has 0 saturated heterocycles. The summed E-state index contributed by atoms with van der Waals surface area (Å²) in [4.78, 5) is 29.0. The van der Waals surface area contributed by atoms with Crippen molar-refractivity contribution in [2.75, 3.05) is 13.7 Å². The number of nitrogens with zero attached hydrogens (tertiary/aromatic N) is 2. The van der Waals surface area contributed by atoms with Crippen LogP contribution in [0.5, 0.6) is 0 Å². The molecule has 3 rings (SSSR count). The normalized spacial score (nSPS) is 13.1. The standard InChI is InChI=1S/C30H34F2N2O5/c1-19(2)30-33-28(21-5-9-23(31)10-6-21)29(22-7-11-24(32)12-8-22)34(30)15-13-26(39-20(3)14-16-35)17-25(36)18-27(37)38-4/h5-13,15,19-20,26,35H,14,16-18H2,1-4H3/t20-,26-/m1/s1. The predicted molar refractivity (Wildman–Crippen MR) is 145 cm³/mol. The number of ketones is 1. The minimum Gasteiger partial charge on any atom is -0.469 e. The van der Waals surface area contributed by atoms with Crippen molar-refractivity contribution < 1.29 is 33.0 Å².